The Morgan fingerprint density at radius 3 is 2.71 bits per heavy atom. The van der Waals surface area contributed by atoms with Crippen molar-refractivity contribution >= 4 is 50.5 Å². The second-order valence-electron chi connectivity index (χ2n) is 8.86. The summed E-state index contributed by atoms with van der Waals surface area (Å²) in [6.45, 7) is 4.33. The Labute approximate surface area is 213 Å². The Kier molecular flexibility index (Phi) is 6.71. The van der Waals surface area contributed by atoms with Crippen LogP contribution in [0.15, 0.2) is 42.5 Å². The van der Waals surface area contributed by atoms with Crippen molar-refractivity contribution in [2.45, 2.75) is 46.0 Å². The smallest absolute Gasteiger partial charge is 0.341 e. The molecule has 1 unspecified atom stereocenters. The summed E-state index contributed by atoms with van der Waals surface area (Å²) in [5.74, 6) is -0.0210. The third-order valence-electron chi connectivity index (χ3n) is 6.78. The van der Waals surface area contributed by atoms with Gasteiger partial charge in [0.1, 0.15) is 5.00 Å². The lowest BCUT2D eigenvalue weighted by atomic mass is 9.85. The van der Waals surface area contributed by atoms with Gasteiger partial charge < -0.3 is 10.1 Å². The number of aromatic nitrogens is 1. The molecule has 0 bridgehead atoms. The molecular formula is C28H28N2O3S2. The first kappa shape index (κ1) is 23.7. The number of carbonyl (C=O) groups excluding carboxylic acids is 2. The Morgan fingerprint density at radius 1 is 1.14 bits per heavy atom. The van der Waals surface area contributed by atoms with Crippen molar-refractivity contribution in [1.29, 1.82) is 0 Å². The fourth-order valence-electron chi connectivity index (χ4n) is 4.77. The number of pyridine rings is 1. The first-order chi connectivity index (χ1) is 17.0. The maximum Gasteiger partial charge on any atom is 0.341 e. The molecule has 1 aliphatic carbocycles. The first-order valence-corrected chi connectivity index (χ1v) is 13.7. The van der Waals surface area contributed by atoms with Crippen molar-refractivity contribution in [3.63, 3.8) is 0 Å². The van der Waals surface area contributed by atoms with Gasteiger partial charge in [0.2, 0.25) is 0 Å². The molecule has 1 aromatic carbocycles. The average molecular weight is 505 g/mol. The topological polar surface area (TPSA) is 68.3 Å². The zero-order valence-corrected chi connectivity index (χ0v) is 21.8. The fourth-order valence-corrected chi connectivity index (χ4v) is 7.03. The number of thiophene rings is 2. The van der Waals surface area contributed by atoms with E-state index in [1.807, 2.05) is 30.3 Å². The van der Waals surface area contributed by atoms with Gasteiger partial charge in [0.25, 0.3) is 5.91 Å². The summed E-state index contributed by atoms with van der Waals surface area (Å²) in [7, 11) is 1.39. The number of para-hydroxylation sites is 1. The van der Waals surface area contributed by atoms with Gasteiger partial charge in [0.05, 0.1) is 34.3 Å². The molecule has 0 radical (unpaired) electrons. The summed E-state index contributed by atoms with van der Waals surface area (Å²) < 4.78 is 5.11. The van der Waals surface area contributed by atoms with Crippen LogP contribution in [0.1, 0.15) is 62.7 Å². The highest BCUT2D eigenvalue weighted by Gasteiger charge is 2.30. The molecule has 3 heterocycles. The summed E-state index contributed by atoms with van der Waals surface area (Å²) >= 11 is 3.21. The van der Waals surface area contributed by atoms with Crippen molar-refractivity contribution in [3.05, 3.63) is 68.9 Å². The highest BCUT2D eigenvalue weighted by molar-refractivity contribution is 7.17. The Bertz CT molecular complexity index is 1420. The van der Waals surface area contributed by atoms with Crippen molar-refractivity contribution in [1.82, 2.24) is 4.98 Å². The van der Waals surface area contributed by atoms with E-state index in [9.17, 15) is 9.59 Å². The number of hydrogen-bond donors (Lipinski definition) is 1. The molecule has 0 aliphatic heterocycles. The molecule has 0 fully saturated rings. The van der Waals surface area contributed by atoms with E-state index in [-0.39, 0.29) is 5.91 Å². The van der Waals surface area contributed by atoms with Crippen LogP contribution in [0.4, 0.5) is 5.00 Å². The molecule has 0 saturated carbocycles. The van der Waals surface area contributed by atoms with Gasteiger partial charge in [-0.25, -0.2) is 9.78 Å². The molecule has 5 rings (SSSR count). The molecule has 1 N–H and O–H groups in total. The van der Waals surface area contributed by atoms with Gasteiger partial charge in [0, 0.05) is 15.1 Å². The van der Waals surface area contributed by atoms with E-state index in [4.69, 9.17) is 9.72 Å². The summed E-state index contributed by atoms with van der Waals surface area (Å²) in [6, 6.07) is 13.7. The molecule has 35 heavy (non-hydrogen) atoms. The molecule has 3 aromatic heterocycles. The molecule has 180 valence electrons. The van der Waals surface area contributed by atoms with Gasteiger partial charge in [-0.1, -0.05) is 38.5 Å². The minimum Gasteiger partial charge on any atom is -0.465 e. The zero-order chi connectivity index (χ0) is 24.5. The summed E-state index contributed by atoms with van der Waals surface area (Å²) in [5.41, 5.74) is 3.65. The van der Waals surface area contributed by atoms with E-state index in [0.717, 1.165) is 59.1 Å². The van der Waals surface area contributed by atoms with E-state index < -0.39 is 5.97 Å². The number of anilines is 1. The Balaban J connectivity index is 1.56. The second kappa shape index (κ2) is 9.91. The maximum atomic E-state index is 13.7. The normalized spacial score (nSPS) is 15.1. The number of amides is 1. The fraction of sp³-hybridized carbons (Fsp3) is 0.321. The molecule has 0 spiro atoms. The van der Waals surface area contributed by atoms with Gasteiger partial charge in [0.15, 0.2) is 0 Å². The molecule has 1 aliphatic rings. The predicted octanol–water partition coefficient (Wildman–Crippen LogP) is 7.14. The summed E-state index contributed by atoms with van der Waals surface area (Å²) in [6.07, 6.45) is 4.91. The van der Waals surface area contributed by atoms with Gasteiger partial charge in [-0.3, -0.25) is 4.79 Å². The number of ether oxygens (including phenoxy) is 1. The number of rotatable bonds is 6. The number of hydrogen-bond acceptors (Lipinski definition) is 6. The van der Waals surface area contributed by atoms with Crippen molar-refractivity contribution in [2.24, 2.45) is 5.92 Å². The second-order valence-corrected chi connectivity index (χ2v) is 11.1. The number of carbonyl (C=O) groups is 2. The van der Waals surface area contributed by atoms with Crippen LogP contribution in [0.25, 0.3) is 21.5 Å². The van der Waals surface area contributed by atoms with E-state index in [2.05, 4.69) is 31.3 Å². The van der Waals surface area contributed by atoms with Crippen LogP contribution in [-0.4, -0.2) is 24.0 Å². The molecule has 1 atom stereocenters. The number of nitrogens with one attached hydrogen (secondary N) is 1. The molecule has 1 amide bonds. The lowest BCUT2D eigenvalue weighted by Crippen LogP contribution is -2.17. The predicted molar refractivity (Wildman–Crippen MR) is 144 cm³/mol. The van der Waals surface area contributed by atoms with Crippen molar-refractivity contribution in [3.8, 4) is 10.6 Å². The molecular weight excluding hydrogens is 476 g/mol. The van der Waals surface area contributed by atoms with E-state index in [0.29, 0.717) is 22.0 Å². The highest BCUT2D eigenvalue weighted by atomic mass is 32.1. The van der Waals surface area contributed by atoms with Gasteiger partial charge >= 0.3 is 5.97 Å². The largest absolute Gasteiger partial charge is 0.465 e. The Hall–Kier alpha value is -3.03. The molecule has 5 nitrogen and oxygen atoms in total. The van der Waals surface area contributed by atoms with Crippen LogP contribution in [-0.2, 0) is 24.0 Å². The number of esters is 1. The van der Waals surface area contributed by atoms with Crippen LogP contribution in [0.5, 0.6) is 0 Å². The van der Waals surface area contributed by atoms with E-state index in [1.54, 1.807) is 11.3 Å². The Morgan fingerprint density at radius 2 is 1.97 bits per heavy atom. The quantitative estimate of drug-likeness (QED) is 0.283. The van der Waals surface area contributed by atoms with Crippen LogP contribution in [0, 0.1) is 5.92 Å². The summed E-state index contributed by atoms with van der Waals surface area (Å²) in [4.78, 5) is 34.8. The van der Waals surface area contributed by atoms with Crippen molar-refractivity contribution < 1.29 is 14.3 Å². The zero-order valence-electron chi connectivity index (χ0n) is 20.1. The monoisotopic (exact) mass is 504 g/mol. The van der Waals surface area contributed by atoms with Gasteiger partial charge in [-0.2, -0.15) is 0 Å². The number of nitrogens with zero attached hydrogens (tertiary/aromatic N) is 1. The SMILES string of the molecule is CCc1ccc(-c2cc(C(=O)Nc3sc4c(c3C(=O)OC)CCC(CC)C4)c3ccccc3n2)s1. The van der Waals surface area contributed by atoms with E-state index >= 15 is 0 Å². The van der Waals surface area contributed by atoms with Crippen LogP contribution >= 0.6 is 22.7 Å². The first-order valence-electron chi connectivity index (χ1n) is 12.0. The van der Waals surface area contributed by atoms with Crippen LogP contribution in [0.2, 0.25) is 0 Å². The minimum absolute atomic E-state index is 0.243. The minimum atomic E-state index is -0.390. The number of methoxy groups -OCH3 is 1. The molecule has 7 heteroatoms. The number of fused-ring (bicyclic) bond motifs is 2. The summed E-state index contributed by atoms with van der Waals surface area (Å²) in [5, 5.41) is 4.44. The number of aryl methyl sites for hydroxylation is 1. The maximum absolute atomic E-state index is 13.7. The lowest BCUT2D eigenvalue weighted by Gasteiger charge is -2.20. The molecule has 4 aromatic rings. The standard InChI is InChI=1S/C28H28N2O3S2/c1-4-16-10-12-19-24(14-16)35-27(25(19)28(32)33-3)30-26(31)20-15-22(23-13-11-17(5-2)34-23)29-21-9-7-6-8-18(20)21/h6-9,11,13,15-16H,4-5,10,12,14H2,1-3H3,(H,30,31). The van der Waals surface area contributed by atoms with Crippen LogP contribution < -0.4 is 5.32 Å². The van der Waals surface area contributed by atoms with Gasteiger partial charge in [-0.05, 0) is 61.4 Å². The van der Waals surface area contributed by atoms with Gasteiger partial charge in [-0.15, -0.1) is 22.7 Å². The average Bonchev–Trinajstić information content (AvgIpc) is 3.51. The number of benzene rings is 1. The third-order valence-corrected chi connectivity index (χ3v) is 9.21. The van der Waals surface area contributed by atoms with E-state index in [1.165, 1.54) is 28.2 Å². The molecule has 0 saturated heterocycles. The van der Waals surface area contributed by atoms with Crippen LogP contribution in [0.3, 0.4) is 0 Å². The highest BCUT2D eigenvalue weighted by Crippen LogP contribution is 2.41. The lowest BCUT2D eigenvalue weighted by molar-refractivity contribution is 0.0601. The third kappa shape index (κ3) is 4.50. The van der Waals surface area contributed by atoms with Crippen molar-refractivity contribution in [2.75, 3.05) is 12.4 Å².